The molecule has 1 fully saturated rings. The van der Waals surface area contributed by atoms with Gasteiger partial charge < -0.3 is 15.0 Å². The van der Waals surface area contributed by atoms with E-state index in [1.165, 1.54) is 6.07 Å². The summed E-state index contributed by atoms with van der Waals surface area (Å²) < 4.78 is 18.7. The predicted octanol–water partition coefficient (Wildman–Crippen LogP) is 2.63. The smallest absolute Gasteiger partial charge is 0.321 e. The second-order valence-electron chi connectivity index (χ2n) is 4.95. The van der Waals surface area contributed by atoms with Gasteiger partial charge in [0.2, 0.25) is 0 Å². The number of amides is 2. The van der Waals surface area contributed by atoms with Gasteiger partial charge in [0.1, 0.15) is 5.82 Å². The van der Waals surface area contributed by atoms with Crippen LogP contribution in [0.15, 0.2) is 18.2 Å². The Morgan fingerprint density at radius 2 is 2.37 bits per heavy atom. The molecule has 19 heavy (non-hydrogen) atoms. The van der Waals surface area contributed by atoms with Crippen molar-refractivity contribution >= 4 is 11.7 Å². The number of benzene rings is 1. The van der Waals surface area contributed by atoms with Crippen molar-refractivity contribution in [3.8, 4) is 0 Å². The highest BCUT2D eigenvalue weighted by atomic mass is 19.1. The van der Waals surface area contributed by atoms with Crippen molar-refractivity contribution in [2.45, 2.75) is 13.3 Å². The predicted molar refractivity (Wildman–Crippen MR) is 71.7 cm³/mol. The van der Waals surface area contributed by atoms with Crippen LogP contribution < -0.4 is 5.32 Å². The number of rotatable bonds is 3. The molecule has 0 bridgehead atoms. The number of carbonyl (C=O) groups excluding carboxylic acids is 1. The maximum absolute atomic E-state index is 13.4. The second kappa shape index (κ2) is 6.02. The van der Waals surface area contributed by atoms with Crippen LogP contribution in [-0.4, -0.2) is 37.7 Å². The van der Waals surface area contributed by atoms with Crippen LogP contribution in [0.4, 0.5) is 14.9 Å². The van der Waals surface area contributed by atoms with E-state index in [-0.39, 0.29) is 11.8 Å². The molecule has 0 aliphatic carbocycles. The number of nitrogens with zero attached hydrogens (tertiary/aromatic N) is 1. The summed E-state index contributed by atoms with van der Waals surface area (Å²) in [6.45, 7) is 3.77. The van der Waals surface area contributed by atoms with Crippen LogP contribution in [-0.2, 0) is 4.74 Å². The van der Waals surface area contributed by atoms with Crippen molar-refractivity contribution in [1.29, 1.82) is 0 Å². The molecular formula is C14H19FN2O2. The highest BCUT2D eigenvalue weighted by Crippen LogP contribution is 2.18. The van der Waals surface area contributed by atoms with Crippen molar-refractivity contribution in [3.63, 3.8) is 0 Å². The van der Waals surface area contributed by atoms with Gasteiger partial charge in [0, 0.05) is 37.4 Å². The molecule has 1 saturated heterocycles. The number of anilines is 1. The van der Waals surface area contributed by atoms with E-state index in [0.29, 0.717) is 30.3 Å². The summed E-state index contributed by atoms with van der Waals surface area (Å²) in [5, 5.41) is 2.73. The Bertz CT molecular complexity index is 459. The SMILES string of the molecule is Cc1c(F)cccc1NC(=O)N(C)CC1CCOC1. The van der Waals surface area contributed by atoms with Crippen LogP contribution in [0.2, 0.25) is 0 Å². The monoisotopic (exact) mass is 266 g/mol. The first kappa shape index (κ1) is 13.8. The van der Waals surface area contributed by atoms with Gasteiger partial charge in [0.25, 0.3) is 0 Å². The first-order chi connectivity index (χ1) is 9.08. The quantitative estimate of drug-likeness (QED) is 0.913. The lowest BCUT2D eigenvalue weighted by atomic mass is 10.1. The van der Waals surface area contributed by atoms with E-state index in [9.17, 15) is 9.18 Å². The molecule has 1 aromatic rings. The molecule has 1 N–H and O–H groups in total. The lowest BCUT2D eigenvalue weighted by Crippen LogP contribution is -2.35. The van der Waals surface area contributed by atoms with E-state index in [1.54, 1.807) is 31.0 Å². The van der Waals surface area contributed by atoms with Crippen LogP contribution in [0.5, 0.6) is 0 Å². The summed E-state index contributed by atoms with van der Waals surface area (Å²) in [5.41, 5.74) is 0.966. The fourth-order valence-corrected chi connectivity index (χ4v) is 2.15. The normalized spacial score (nSPS) is 18.4. The minimum absolute atomic E-state index is 0.222. The molecule has 4 nitrogen and oxygen atoms in total. The number of halogens is 1. The molecule has 1 heterocycles. The second-order valence-corrected chi connectivity index (χ2v) is 4.95. The third-order valence-electron chi connectivity index (χ3n) is 3.41. The molecule has 2 amide bonds. The van der Waals surface area contributed by atoms with Gasteiger partial charge in [-0.3, -0.25) is 0 Å². The van der Waals surface area contributed by atoms with E-state index in [0.717, 1.165) is 13.0 Å². The minimum atomic E-state index is -0.315. The van der Waals surface area contributed by atoms with Crippen LogP contribution in [0, 0.1) is 18.7 Å². The highest BCUT2D eigenvalue weighted by Gasteiger charge is 2.20. The molecule has 5 heteroatoms. The third-order valence-corrected chi connectivity index (χ3v) is 3.41. The molecule has 2 rings (SSSR count). The molecule has 1 atom stereocenters. The molecule has 1 unspecified atom stereocenters. The summed E-state index contributed by atoms with van der Waals surface area (Å²) in [4.78, 5) is 13.6. The first-order valence-corrected chi connectivity index (χ1v) is 6.43. The molecular weight excluding hydrogens is 247 g/mol. The molecule has 104 valence electrons. The van der Waals surface area contributed by atoms with Gasteiger partial charge in [0.15, 0.2) is 0 Å². The third kappa shape index (κ3) is 3.44. The Morgan fingerprint density at radius 3 is 3.05 bits per heavy atom. The van der Waals surface area contributed by atoms with Crippen molar-refractivity contribution in [3.05, 3.63) is 29.6 Å². The summed E-state index contributed by atoms with van der Waals surface area (Å²) >= 11 is 0. The van der Waals surface area contributed by atoms with Crippen molar-refractivity contribution in [1.82, 2.24) is 4.90 Å². The number of hydrogen-bond acceptors (Lipinski definition) is 2. The van der Waals surface area contributed by atoms with Crippen LogP contribution in [0.25, 0.3) is 0 Å². The van der Waals surface area contributed by atoms with E-state index in [4.69, 9.17) is 4.74 Å². The maximum Gasteiger partial charge on any atom is 0.321 e. The minimum Gasteiger partial charge on any atom is -0.381 e. The maximum atomic E-state index is 13.4. The molecule has 0 radical (unpaired) electrons. The van der Waals surface area contributed by atoms with E-state index in [1.807, 2.05) is 0 Å². The molecule has 0 saturated carbocycles. The zero-order valence-corrected chi connectivity index (χ0v) is 11.3. The molecule has 0 aromatic heterocycles. The fourth-order valence-electron chi connectivity index (χ4n) is 2.15. The number of carbonyl (C=O) groups is 1. The lowest BCUT2D eigenvalue weighted by Gasteiger charge is -2.21. The zero-order valence-electron chi connectivity index (χ0n) is 11.3. The van der Waals surface area contributed by atoms with Gasteiger partial charge in [-0.1, -0.05) is 6.07 Å². The van der Waals surface area contributed by atoms with Gasteiger partial charge in [-0.2, -0.15) is 0 Å². The average Bonchev–Trinajstić information content (AvgIpc) is 2.87. The number of urea groups is 1. The Hall–Kier alpha value is -1.62. The van der Waals surface area contributed by atoms with E-state index >= 15 is 0 Å². The highest BCUT2D eigenvalue weighted by molar-refractivity contribution is 5.89. The largest absolute Gasteiger partial charge is 0.381 e. The summed E-state index contributed by atoms with van der Waals surface area (Å²) in [7, 11) is 1.74. The zero-order chi connectivity index (χ0) is 13.8. The Kier molecular flexibility index (Phi) is 4.37. The number of hydrogen-bond donors (Lipinski definition) is 1. The first-order valence-electron chi connectivity index (χ1n) is 6.43. The average molecular weight is 266 g/mol. The molecule has 0 spiro atoms. The van der Waals surface area contributed by atoms with E-state index in [2.05, 4.69) is 5.32 Å². The molecule has 1 aromatic carbocycles. The van der Waals surface area contributed by atoms with Crippen molar-refractivity contribution in [2.24, 2.45) is 5.92 Å². The number of nitrogens with one attached hydrogen (secondary N) is 1. The van der Waals surface area contributed by atoms with Gasteiger partial charge in [-0.15, -0.1) is 0 Å². The van der Waals surface area contributed by atoms with Crippen LogP contribution in [0.3, 0.4) is 0 Å². The van der Waals surface area contributed by atoms with Crippen molar-refractivity contribution in [2.75, 3.05) is 32.1 Å². The lowest BCUT2D eigenvalue weighted by molar-refractivity contribution is 0.175. The number of ether oxygens (including phenoxy) is 1. The van der Waals surface area contributed by atoms with Crippen molar-refractivity contribution < 1.29 is 13.9 Å². The Morgan fingerprint density at radius 1 is 1.58 bits per heavy atom. The van der Waals surface area contributed by atoms with Crippen LogP contribution in [0.1, 0.15) is 12.0 Å². The summed E-state index contributed by atoms with van der Waals surface area (Å²) in [5.74, 6) is 0.0778. The summed E-state index contributed by atoms with van der Waals surface area (Å²) in [6, 6.07) is 4.44. The van der Waals surface area contributed by atoms with Gasteiger partial charge in [0.05, 0.1) is 6.61 Å². The molecule has 1 aliphatic heterocycles. The standard InChI is InChI=1S/C14H19FN2O2/c1-10-12(15)4-3-5-13(10)16-14(18)17(2)8-11-6-7-19-9-11/h3-5,11H,6-9H2,1-2H3,(H,16,18). The van der Waals surface area contributed by atoms with E-state index < -0.39 is 0 Å². The fraction of sp³-hybridized carbons (Fsp3) is 0.500. The molecule has 1 aliphatic rings. The Labute approximate surface area is 112 Å². The summed E-state index contributed by atoms with van der Waals surface area (Å²) in [6.07, 6.45) is 0.983. The van der Waals surface area contributed by atoms with Gasteiger partial charge in [-0.05, 0) is 25.5 Å². The van der Waals surface area contributed by atoms with Gasteiger partial charge in [-0.25, -0.2) is 9.18 Å². The Balaban J connectivity index is 1.94. The van der Waals surface area contributed by atoms with Gasteiger partial charge >= 0.3 is 6.03 Å². The van der Waals surface area contributed by atoms with Crippen LogP contribution >= 0.6 is 0 Å². The topological polar surface area (TPSA) is 41.6 Å².